The monoisotopic (exact) mass is 380 g/mol. The molecule has 0 saturated carbocycles. The molecule has 0 aliphatic rings. The number of anilines is 1. The number of hydrogen-bond acceptors (Lipinski definition) is 6. The van der Waals surface area contributed by atoms with Gasteiger partial charge in [-0.05, 0) is 42.8 Å². The fourth-order valence-corrected chi connectivity index (χ4v) is 2.86. The Hall–Kier alpha value is -2.19. The van der Waals surface area contributed by atoms with E-state index in [0.29, 0.717) is 0 Å². The summed E-state index contributed by atoms with van der Waals surface area (Å²) in [5.74, 6) is -0.678. The van der Waals surface area contributed by atoms with Gasteiger partial charge in [0.2, 0.25) is 5.91 Å². The first-order valence-electron chi connectivity index (χ1n) is 7.30. The highest BCUT2D eigenvalue weighted by molar-refractivity contribution is 7.21. The number of benzene rings is 2. The van der Waals surface area contributed by atoms with E-state index in [4.69, 9.17) is 16.6 Å². The molecule has 8 heteroatoms. The van der Waals surface area contributed by atoms with Crippen LogP contribution in [-0.4, -0.2) is 28.6 Å². The van der Waals surface area contributed by atoms with Gasteiger partial charge in [0.1, 0.15) is 11.0 Å². The Morgan fingerprint density at radius 1 is 1.28 bits per heavy atom. The number of carbonyl (C=O) groups excluding carboxylic acids is 1. The SMILES string of the molecule is Cc1cc(-c2nc3ccccc3s2)ccc1N.Cl.NC(=O)[C@@H](N)CO. The van der Waals surface area contributed by atoms with Gasteiger partial charge >= 0.3 is 0 Å². The number of carbonyl (C=O) groups is 1. The first-order valence-corrected chi connectivity index (χ1v) is 8.12. The van der Waals surface area contributed by atoms with Gasteiger partial charge in [-0.25, -0.2) is 4.98 Å². The molecule has 0 spiro atoms. The predicted octanol–water partition coefficient (Wildman–Crippen LogP) is 2.07. The summed E-state index contributed by atoms with van der Waals surface area (Å²) in [5.41, 5.74) is 19.5. The van der Waals surface area contributed by atoms with Crippen molar-refractivity contribution in [3.8, 4) is 10.6 Å². The number of nitrogen functional groups attached to an aromatic ring is 1. The summed E-state index contributed by atoms with van der Waals surface area (Å²) in [7, 11) is 0. The highest BCUT2D eigenvalue weighted by Crippen LogP contribution is 2.31. The van der Waals surface area contributed by atoms with Crippen LogP contribution >= 0.6 is 23.7 Å². The quantitative estimate of drug-likeness (QED) is 0.517. The van der Waals surface area contributed by atoms with Crippen LogP contribution < -0.4 is 17.2 Å². The van der Waals surface area contributed by atoms with E-state index in [1.807, 2.05) is 37.3 Å². The maximum Gasteiger partial charge on any atom is 0.236 e. The normalized spacial score (nSPS) is 11.2. The van der Waals surface area contributed by atoms with Gasteiger partial charge in [-0.3, -0.25) is 4.79 Å². The van der Waals surface area contributed by atoms with Crippen molar-refractivity contribution in [3.63, 3.8) is 0 Å². The topological polar surface area (TPSA) is 128 Å². The van der Waals surface area contributed by atoms with E-state index in [-0.39, 0.29) is 19.0 Å². The molecule has 1 heterocycles. The Labute approximate surface area is 156 Å². The molecule has 7 N–H and O–H groups in total. The number of halogens is 1. The molecule has 1 atom stereocenters. The van der Waals surface area contributed by atoms with Crippen LogP contribution in [0, 0.1) is 6.92 Å². The van der Waals surface area contributed by atoms with Crippen LogP contribution in [0.25, 0.3) is 20.8 Å². The molecule has 6 nitrogen and oxygen atoms in total. The smallest absolute Gasteiger partial charge is 0.236 e. The zero-order valence-electron chi connectivity index (χ0n) is 13.7. The van der Waals surface area contributed by atoms with Crippen molar-refractivity contribution in [2.45, 2.75) is 13.0 Å². The summed E-state index contributed by atoms with van der Waals surface area (Å²) in [6.07, 6.45) is 0. The summed E-state index contributed by atoms with van der Waals surface area (Å²) in [5, 5.41) is 9.13. The van der Waals surface area contributed by atoms with Crippen molar-refractivity contribution in [3.05, 3.63) is 48.0 Å². The average Bonchev–Trinajstić information content (AvgIpc) is 3.01. The van der Waals surface area contributed by atoms with E-state index < -0.39 is 11.9 Å². The highest BCUT2D eigenvalue weighted by Gasteiger charge is 2.06. The van der Waals surface area contributed by atoms with Crippen LogP contribution in [0.5, 0.6) is 0 Å². The fourth-order valence-electron chi connectivity index (χ4n) is 1.89. The van der Waals surface area contributed by atoms with E-state index in [1.165, 1.54) is 4.70 Å². The van der Waals surface area contributed by atoms with Crippen LogP contribution in [0.15, 0.2) is 42.5 Å². The summed E-state index contributed by atoms with van der Waals surface area (Å²) in [6.45, 7) is 1.64. The number of hydrogen-bond donors (Lipinski definition) is 4. The number of rotatable bonds is 3. The van der Waals surface area contributed by atoms with Crippen LogP contribution in [0.2, 0.25) is 0 Å². The molecule has 1 amide bonds. The molecule has 0 fully saturated rings. The minimum Gasteiger partial charge on any atom is -0.399 e. The standard InChI is InChI=1S/C14H12N2S.C3H8N2O2.ClH/c1-9-8-10(6-7-11(9)15)14-16-12-4-2-3-5-13(12)17-14;4-2(1-6)3(5)7;/h2-8H,15H2,1H3;2,6H,1,4H2,(H2,5,7);1H/t;2-;/m.0./s1. The Morgan fingerprint density at radius 2 is 1.96 bits per heavy atom. The zero-order chi connectivity index (χ0) is 17.7. The number of aliphatic hydroxyl groups excluding tert-OH is 1. The lowest BCUT2D eigenvalue weighted by Gasteiger charge is -2.01. The second-order valence-corrected chi connectivity index (χ2v) is 6.28. The van der Waals surface area contributed by atoms with Crippen molar-refractivity contribution < 1.29 is 9.90 Å². The maximum absolute atomic E-state index is 9.87. The zero-order valence-corrected chi connectivity index (χ0v) is 15.3. The largest absolute Gasteiger partial charge is 0.399 e. The van der Waals surface area contributed by atoms with Gasteiger partial charge in [0.25, 0.3) is 0 Å². The minimum absolute atomic E-state index is 0. The molecular weight excluding hydrogens is 360 g/mol. The number of aromatic nitrogens is 1. The Kier molecular flexibility index (Phi) is 7.79. The second kappa shape index (κ2) is 9.33. The van der Waals surface area contributed by atoms with Gasteiger partial charge in [-0.15, -0.1) is 23.7 Å². The van der Waals surface area contributed by atoms with Gasteiger partial charge in [0, 0.05) is 11.3 Å². The third-order valence-electron chi connectivity index (χ3n) is 3.37. The molecule has 2 aromatic carbocycles. The molecular formula is C17H21ClN4O2S. The number of para-hydroxylation sites is 1. The molecule has 1 aromatic heterocycles. The van der Waals surface area contributed by atoms with Crippen molar-refractivity contribution >= 4 is 45.6 Å². The lowest BCUT2D eigenvalue weighted by Crippen LogP contribution is -2.39. The van der Waals surface area contributed by atoms with E-state index in [1.54, 1.807) is 11.3 Å². The third-order valence-corrected chi connectivity index (χ3v) is 4.46. The lowest BCUT2D eigenvalue weighted by atomic mass is 10.1. The molecule has 0 saturated heterocycles. The maximum atomic E-state index is 9.87. The predicted molar refractivity (Wildman–Crippen MR) is 106 cm³/mol. The molecule has 0 bridgehead atoms. The fraction of sp³-hybridized carbons (Fsp3) is 0.176. The Bertz CT molecular complexity index is 821. The van der Waals surface area contributed by atoms with Crippen molar-refractivity contribution in [1.82, 2.24) is 4.98 Å². The van der Waals surface area contributed by atoms with Gasteiger partial charge in [0.15, 0.2) is 0 Å². The second-order valence-electron chi connectivity index (χ2n) is 5.25. The van der Waals surface area contributed by atoms with E-state index in [2.05, 4.69) is 22.9 Å². The van der Waals surface area contributed by atoms with Crippen molar-refractivity contribution in [2.24, 2.45) is 11.5 Å². The van der Waals surface area contributed by atoms with Gasteiger partial charge in [-0.2, -0.15) is 0 Å². The summed E-state index contributed by atoms with van der Waals surface area (Å²) >= 11 is 1.71. The average molecular weight is 381 g/mol. The van der Waals surface area contributed by atoms with Crippen LogP contribution in [0.3, 0.4) is 0 Å². The number of nitrogens with zero attached hydrogens (tertiary/aromatic N) is 1. The molecule has 0 aliphatic heterocycles. The van der Waals surface area contributed by atoms with E-state index in [9.17, 15) is 4.79 Å². The van der Waals surface area contributed by atoms with Crippen LogP contribution in [-0.2, 0) is 4.79 Å². The number of aliphatic hydroxyl groups is 1. The Balaban J connectivity index is 0.000000339. The number of thiazole rings is 1. The summed E-state index contributed by atoms with van der Waals surface area (Å²) in [6, 6.07) is 13.3. The molecule has 0 aliphatic carbocycles. The highest BCUT2D eigenvalue weighted by atomic mass is 35.5. The Morgan fingerprint density at radius 3 is 2.48 bits per heavy atom. The van der Waals surface area contributed by atoms with E-state index in [0.717, 1.165) is 27.3 Å². The van der Waals surface area contributed by atoms with Crippen molar-refractivity contribution in [1.29, 1.82) is 0 Å². The number of primary amides is 1. The molecule has 3 rings (SSSR count). The molecule has 0 unspecified atom stereocenters. The van der Waals surface area contributed by atoms with Crippen LogP contribution in [0.1, 0.15) is 5.56 Å². The summed E-state index contributed by atoms with van der Waals surface area (Å²) < 4.78 is 1.22. The number of aryl methyl sites for hydroxylation is 1. The van der Waals surface area contributed by atoms with E-state index >= 15 is 0 Å². The van der Waals surface area contributed by atoms with Gasteiger partial charge in [-0.1, -0.05) is 12.1 Å². The first kappa shape index (κ1) is 20.9. The molecule has 25 heavy (non-hydrogen) atoms. The molecule has 134 valence electrons. The van der Waals surface area contributed by atoms with Gasteiger partial charge in [0.05, 0.1) is 16.8 Å². The number of amides is 1. The summed E-state index contributed by atoms with van der Waals surface area (Å²) in [4.78, 5) is 14.5. The molecule has 3 aromatic rings. The van der Waals surface area contributed by atoms with Crippen LogP contribution in [0.4, 0.5) is 5.69 Å². The number of fused-ring (bicyclic) bond motifs is 1. The third kappa shape index (κ3) is 5.40. The van der Waals surface area contributed by atoms with Crippen molar-refractivity contribution in [2.75, 3.05) is 12.3 Å². The number of nitrogens with two attached hydrogens (primary N) is 3. The minimum atomic E-state index is -0.903. The first-order chi connectivity index (χ1) is 11.4. The molecule has 0 radical (unpaired) electrons. The lowest BCUT2D eigenvalue weighted by molar-refractivity contribution is -0.120. The van der Waals surface area contributed by atoms with Gasteiger partial charge < -0.3 is 22.3 Å².